The molecule has 1 saturated heterocycles. The highest BCUT2D eigenvalue weighted by Crippen LogP contribution is 2.23. The summed E-state index contributed by atoms with van der Waals surface area (Å²) in [6, 6.07) is 12.0. The fraction of sp³-hybridized carbons (Fsp3) is 0.250. The number of hydrogen-bond donors (Lipinski definition) is 1. The second kappa shape index (κ2) is 6.83. The molecule has 1 fully saturated rings. The van der Waals surface area contributed by atoms with E-state index in [2.05, 4.69) is 10.2 Å². The van der Waals surface area contributed by atoms with Gasteiger partial charge in [0.2, 0.25) is 0 Å². The average Bonchev–Trinajstić information content (AvgIpc) is 3.11. The number of benzene rings is 2. The van der Waals surface area contributed by atoms with Crippen LogP contribution in [0.2, 0.25) is 0 Å². The molecule has 0 radical (unpaired) electrons. The molecule has 1 aromatic heterocycles. The number of para-hydroxylation sites is 1. The van der Waals surface area contributed by atoms with Gasteiger partial charge in [0.25, 0.3) is 5.91 Å². The van der Waals surface area contributed by atoms with E-state index >= 15 is 0 Å². The van der Waals surface area contributed by atoms with Gasteiger partial charge in [0.15, 0.2) is 11.5 Å². The number of nitrogens with zero attached hydrogens (tertiary/aromatic N) is 3. The maximum atomic E-state index is 14.4. The lowest BCUT2D eigenvalue weighted by molar-refractivity contribution is 0.0742. The summed E-state index contributed by atoms with van der Waals surface area (Å²) in [5.74, 6) is -0.706. The quantitative estimate of drug-likeness (QED) is 0.724. The number of fused-ring (bicyclic) bond motifs is 1. The lowest BCUT2D eigenvalue weighted by atomic mass is 10.1. The van der Waals surface area contributed by atoms with E-state index < -0.39 is 5.82 Å². The molecule has 1 aliphatic rings. The van der Waals surface area contributed by atoms with Crippen molar-refractivity contribution < 1.29 is 14.0 Å². The Morgan fingerprint density at radius 1 is 1.07 bits per heavy atom. The minimum atomic E-state index is -0.416. The molecule has 0 unspecified atom stereocenters. The molecule has 3 aromatic rings. The Bertz CT molecular complexity index is 1020. The largest absolute Gasteiger partial charge is 0.366 e. The monoisotopic (exact) mass is 366 g/mol. The van der Waals surface area contributed by atoms with E-state index in [0.717, 1.165) is 10.9 Å². The van der Waals surface area contributed by atoms with Crippen molar-refractivity contribution in [1.29, 1.82) is 0 Å². The van der Waals surface area contributed by atoms with Crippen molar-refractivity contribution in [3.63, 3.8) is 0 Å². The Kier molecular flexibility index (Phi) is 4.35. The number of Topliss-reactive ketones (excluding diaryl/α,β-unsaturated/α-hetero) is 1. The molecule has 7 heteroatoms. The minimum Gasteiger partial charge on any atom is -0.366 e. The standard InChI is InChI=1S/C20H19FN4O2/c1-13(26)14-6-7-18(16(21)12-14)24-8-10-25(11-9-24)20(27)19-15-4-2-3-5-17(15)22-23-19/h2-7,12H,8-11H2,1H3,(H,22,23). The topological polar surface area (TPSA) is 69.3 Å². The van der Waals surface area contributed by atoms with Crippen molar-refractivity contribution in [3.8, 4) is 0 Å². The van der Waals surface area contributed by atoms with Crippen molar-refractivity contribution in [2.75, 3.05) is 31.1 Å². The molecule has 138 valence electrons. The van der Waals surface area contributed by atoms with Gasteiger partial charge in [-0.15, -0.1) is 0 Å². The Hall–Kier alpha value is -3.22. The first-order valence-electron chi connectivity index (χ1n) is 8.82. The maximum absolute atomic E-state index is 14.4. The number of hydrogen-bond acceptors (Lipinski definition) is 4. The van der Waals surface area contributed by atoms with E-state index in [9.17, 15) is 14.0 Å². The van der Waals surface area contributed by atoms with Gasteiger partial charge in [0, 0.05) is 37.1 Å². The molecule has 0 bridgehead atoms. The van der Waals surface area contributed by atoms with Crippen molar-refractivity contribution in [2.24, 2.45) is 0 Å². The Morgan fingerprint density at radius 3 is 2.52 bits per heavy atom. The first-order valence-corrected chi connectivity index (χ1v) is 8.82. The van der Waals surface area contributed by atoms with Crippen LogP contribution in [0.3, 0.4) is 0 Å². The number of halogens is 1. The third kappa shape index (κ3) is 3.16. The fourth-order valence-corrected chi connectivity index (χ4v) is 3.41. The highest BCUT2D eigenvalue weighted by molar-refractivity contribution is 6.04. The summed E-state index contributed by atoms with van der Waals surface area (Å²) in [4.78, 5) is 27.8. The Balaban J connectivity index is 1.47. The van der Waals surface area contributed by atoms with Gasteiger partial charge in [0.1, 0.15) is 5.82 Å². The summed E-state index contributed by atoms with van der Waals surface area (Å²) in [6.45, 7) is 3.41. The van der Waals surface area contributed by atoms with Crippen LogP contribution in [0.5, 0.6) is 0 Å². The molecule has 0 aliphatic carbocycles. The Labute approximate surface area is 155 Å². The number of amides is 1. The third-order valence-electron chi connectivity index (χ3n) is 4.93. The van der Waals surface area contributed by atoms with E-state index in [4.69, 9.17) is 0 Å². The van der Waals surface area contributed by atoms with Gasteiger partial charge in [-0.25, -0.2) is 4.39 Å². The van der Waals surface area contributed by atoms with Crippen LogP contribution in [0.15, 0.2) is 42.5 Å². The van der Waals surface area contributed by atoms with Gasteiger partial charge < -0.3 is 9.80 Å². The highest BCUT2D eigenvalue weighted by atomic mass is 19.1. The Morgan fingerprint density at radius 2 is 1.81 bits per heavy atom. The molecule has 6 nitrogen and oxygen atoms in total. The number of anilines is 1. The number of piperazine rings is 1. The van der Waals surface area contributed by atoms with Crippen LogP contribution in [0.25, 0.3) is 10.9 Å². The second-order valence-corrected chi connectivity index (χ2v) is 6.62. The fourth-order valence-electron chi connectivity index (χ4n) is 3.41. The lowest BCUT2D eigenvalue weighted by Gasteiger charge is -2.36. The summed E-state index contributed by atoms with van der Waals surface area (Å²) >= 11 is 0. The van der Waals surface area contributed by atoms with E-state index in [1.54, 1.807) is 17.0 Å². The van der Waals surface area contributed by atoms with Crippen LogP contribution in [0.4, 0.5) is 10.1 Å². The van der Waals surface area contributed by atoms with Crippen LogP contribution in [-0.4, -0.2) is 53.0 Å². The molecule has 0 spiro atoms. The lowest BCUT2D eigenvalue weighted by Crippen LogP contribution is -2.49. The summed E-state index contributed by atoms with van der Waals surface area (Å²) in [6.07, 6.45) is 0. The first-order chi connectivity index (χ1) is 13.0. The van der Waals surface area contributed by atoms with E-state index in [1.165, 1.54) is 13.0 Å². The van der Waals surface area contributed by atoms with Crippen LogP contribution < -0.4 is 4.90 Å². The second-order valence-electron chi connectivity index (χ2n) is 6.62. The third-order valence-corrected chi connectivity index (χ3v) is 4.93. The minimum absolute atomic E-state index is 0.125. The summed E-state index contributed by atoms with van der Waals surface area (Å²) in [7, 11) is 0. The van der Waals surface area contributed by atoms with Gasteiger partial charge in [-0.3, -0.25) is 14.7 Å². The normalized spacial score (nSPS) is 14.6. The number of carbonyl (C=O) groups is 2. The van der Waals surface area contributed by atoms with E-state index in [-0.39, 0.29) is 11.7 Å². The number of aromatic amines is 1. The molecular formula is C20H19FN4O2. The number of aromatic nitrogens is 2. The van der Waals surface area contributed by atoms with Crippen molar-refractivity contribution in [2.45, 2.75) is 6.92 Å². The molecule has 1 aliphatic heterocycles. The van der Waals surface area contributed by atoms with Crippen LogP contribution >= 0.6 is 0 Å². The maximum Gasteiger partial charge on any atom is 0.275 e. The molecule has 0 atom stereocenters. The number of nitrogens with one attached hydrogen (secondary N) is 1. The van der Waals surface area contributed by atoms with Crippen LogP contribution in [0, 0.1) is 5.82 Å². The first kappa shape index (κ1) is 17.2. The van der Waals surface area contributed by atoms with Gasteiger partial charge in [-0.1, -0.05) is 18.2 Å². The van der Waals surface area contributed by atoms with Gasteiger partial charge in [-0.05, 0) is 31.2 Å². The van der Waals surface area contributed by atoms with Crippen LogP contribution in [-0.2, 0) is 0 Å². The number of rotatable bonds is 3. The zero-order valence-corrected chi connectivity index (χ0v) is 14.9. The zero-order chi connectivity index (χ0) is 19.0. The smallest absolute Gasteiger partial charge is 0.275 e. The number of carbonyl (C=O) groups excluding carboxylic acids is 2. The molecule has 1 amide bonds. The van der Waals surface area contributed by atoms with Crippen molar-refractivity contribution in [1.82, 2.24) is 15.1 Å². The number of ketones is 1. The molecule has 2 heterocycles. The molecule has 27 heavy (non-hydrogen) atoms. The van der Waals surface area contributed by atoms with Gasteiger partial charge in [-0.2, -0.15) is 5.10 Å². The highest BCUT2D eigenvalue weighted by Gasteiger charge is 2.26. The summed E-state index contributed by atoms with van der Waals surface area (Å²) < 4.78 is 14.4. The molecule has 0 saturated carbocycles. The van der Waals surface area contributed by atoms with Gasteiger partial charge >= 0.3 is 0 Å². The molecule has 1 N–H and O–H groups in total. The predicted octanol–water partition coefficient (Wildman–Crippen LogP) is 2.87. The SMILES string of the molecule is CC(=O)c1ccc(N2CCN(C(=O)c3n[nH]c4ccccc34)CC2)c(F)c1. The van der Waals surface area contributed by atoms with Gasteiger partial charge in [0.05, 0.1) is 11.2 Å². The average molecular weight is 366 g/mol. The van der Waals surface area contributed by atoms with Crippen molar-refractivity contribution >= 4 is 28.3 Å². The summed E-state index contributed by atoms with van der Waals surface area (Å²) in [5.41, 5.74) is 2.05. The predicted molar refractivity (Wildman–Crippen MR) is 101 cm³/mol. The van der Waals surface area contributed by atoms with Crippen LogP contribution in [0.1, 0.15) is 27.8 Å². The summed E-state index contributed by atoms with van der Waals surface area (Å²) in [5, 5.41) is 7.85. The molecule has 4 rings (SSSR count). The van der Waals surface area contributed by atoms with E-state index in [0.29, 0.717) is 43.1 Å². The van der Waals surface area contributed by atoms with Crippen molar-refractivity contribution in [3.05, 3.63) is 59.5 Å². The molecule has 2 aromatic carbocycles. The molecular weight excluding hydrogens is 347 g/mol. The zero-order valence-electron chi connectivity index (χ0n) is 14.9. The number of H-pyrrole nitrogens is 1. The van der Waals surface area contributed by atoms with E-state index in [1.807, 2.05) is 29.2 Å².